The van der Waals surface area contributed by atoms with E-state index in [1.54, 1.807) is 17.3 Å². The van der Waals surface area contributed by atoms with Crippen LogP contribution in [0.2, 0.25) is 0 Å². The van der Waals surface area contributed by atoms with Crippen LogP contribution in [-0.4, -0.2) is 16.7 Å². The molecule has 0 aliphatic heterocycles. The maximum absolute atomic E-state index is 12.3. The molecule has 0 bridgehead atoms. The van der Waals surface area contributed by atoms with E-state index in [1.165, 1.54) is 0 Å². The predicted octanol–water partition coefficient (Wildman–Crippen LogP) is 1.11. The Morgan fingerprint density at radius 1 is 1.35 bits per heavy atom. The highest BCUT2D eigenvalue weighted by atomic mass is 16.2. The van der Waals surface area contributed by atoms with Gasteiger partial charge in [0.1, 0.15) is 0 Å². The van der Waals surface area contributed by atoms with Gasteiger partial charge in [-0.25, -0.2) is 5.84 Å². The minimum atomic E-state index is 0.0120. The molecule has 2 aromatic rings. The molecule has 120 valence electrons. The summed E-state index contributed by atoms with van der Waals surface area (Å²) in [4.78, 5) is 18.1. The van der Waals surface area contributed by atoms with Crippen LogP contribution in [0.1, 0.15) is 24.5 Å². The summed E-state index contributed by atoms with van der Waals surface area (Å²) in [6, 6.07) is 11.1. The Balaban J connectivity index is 2.36. The van der Waals surface area contributed by atoms with Crippen molar-refractivity contribution in [3.8, 4) is 0 Å². The van der Waals surface area contributed by atoms with Gasteiger partial charge in [-0.3, -0.25) is 9.78 Å². The molecule has 7 nitrogen and oxygen atoms in total. The van der Waals surface area contributed by atoms with Gasteiger partial charge in [0.15, 0.2) is 5.84 Å². The minimum absolute atomic E-state index is 0.0120. The number of carbonyl (C=O) groups is 1. The second-order valence-corrected chi connectivity index (χ2v) is 4.87. The van der Waals surface area contributed by atoms with E-state index in [0.717, 1.165) is 11.3 Å². The number of nitrogens with two attached hydrogens (primary N) is 2. The predicted molar refractivity (Wildman–Crippen MR) is 90.2 cm³/mol. The summed E-state index contributed by atoms with van der Waals surface area (Å²) in [5, 5.41) is 3.59. The summed E-state index contributed by atoms with van der Waals surface area (Å²) >= 11 is 0. The van der Waals surface area contributed by atoms with E-state index < -0.39 is 0 Å². The van der Waals surface area contributed by atoms with E-state index in [2.05, 4.69) is 15.5 Å². The van der Waals surface area contributed by atoms with Gasteiger partial charge in [0, 0.05) is 30.1 Å². The number of carbonyl (C=O) groups excluding carboxylic acids is 1. The van der Waals surface area contributed by atoms with Crippen molar-refractivity contribution in [3.63, 3.8) is 0 Å². The van der Waals surface area contributed by atoms with E-state index in [-0.39, 0.29) is 5.91 Å². The molecule has 0 radical (unpaired) electrons. The number of hydrazine groups is 1. The van der Waals surface area contributed by atoms with Crippen LogP contribution in [0.3, 0.4) is 0 Å². The molecule has 1 amide bonds. The number of pyridine rings is 1. The molecular weight excluding hydrogens is 292 g/mol. The number of nitrogens with zero attached hydrogens (tertiary/aromatic N) is 3. The van der Waals surface area contributed by atoms with Gasteiger partial charge in [-0.15, -0.1) is 0 Å². The molecule has 0 unspecified atom stereocenters. The topological polar surface area (TPSA) is 110 Å². The lowest BCUT2D eigenvalue weighted by Crippen LogP contribution is -2.33. The Morgan fingerprint density at radius 2 is 2.17 bits per heavy atom. The second kappa shape index (κ2) is 7.90. The number of rotatable bonds is 5. The van der Waals surface area contributed by atoms with Gasteiger partial charge in [-0.1, -0.05) is 25.1 Å². The fourth-order valence-corrected chi connectivity index (χ4v) is 2.20. The van der Waals surface area contributed by atoms with Gasteiger partial charge in [-0.2, -0.15) is 5.10 Å². The first kappa shape index (κ1) is 16.4. The van der Waals surface area contributed by atoms with E-state index in [4.69, 9.17) is 11.7 Å². The molecule has 5 N–H and O–H groups in total. The lowest BCUT2D eigenvalue weighted by molar-refractivity contribution is -0.118. The third-order valence-electron chi connectivity index (χ3n) is 3.36. The standard InChI is InChI=1S/C16H20N6O/c1-2-15(23)22(11-12-5-4-8-19-10-12)14-7-3-6-13(9-14)16(20-17)21-18/h3-10H,2,11,17-18H2,1H3,(H,20,21). The number of aromatic nitrogens is 1. The lowest BCUT2D eigenvalue weighted by Gasteiger charge is -2.23. The summed E-state index contributed by atoms with van der Waals surface area (Å²) in [5.41, 5.74) is 4.83. The highest BCUT2D eigenvalue weighted by Gasteiger charge is 2.16. The van der Waals surface area contributed by atoms with Crippen LogP contribution in [0.5, 0.6) is 0 Å². The van der Waals surface area contributed by atoms with Gasteiger partial charge in [-0.05, 0) is 23.8 Å². The van der Waals surface area contributed by atoms with E-state index >= 15 is 0 Å². The number of amides is 1. The molecule has 0 spiro atoms. The summed E-state index contributed by atoms with van der Waals surface area (Å²) in [7, 11) is 0. The monoisotopic (exact) mass is 312 g/mol. The van der Waals surface area contributed by atoms with Crippen LogP contribution in [-0.2, 0) is 11.3 Å². The molecule has 0 aliphatic carbocycles. The summed E-state index contributed by atoms with van der Waals surface area (Å²) in [6.45, 7) is 2.27. The number of hydrazone groups is 1. The Morgan fingerprint density at radius 3 is 2.78 bits per heavy atom. The first-order valence-corrected chi connectivity index (χ1v) is 7.23. The maximum atomic E-state index is 12.3. The highest BCUT2D eigenvalue weighted by molar-refractivity contribution is 6.00. The van der Waals surface area contributed by atoms with Crippen LogP contribution in [0.25, 0.3) is 0 Å². The number of anilines is 1. The zero-order valence-corrected chi connectivity index (χ0v) is 12.9. The molecule has 2 rings (SSSR count). The largest absolute Gasteiger partial charge is 0.321 e. The highest BCUT2D eigenvalue weighted by Crippen LogP contribution is 2.20. The molecule has 0 atom stereocenters. The lowest BCUT2D eigenvalue weighted by atomic mass is 10.1. The quantitative estimate of drug-likeness (QED) is 0.331. The summed E-state index contributed by atoms with van der Waals surface area (Å²) < 4.78 is 0. The van der Waals surface area contributed by atoms with Gasteiger partial charge < -0.3 is 16.2 Å². The number of amidine groups is 1. The number of hydrogen-bond donors (Lipinski definition) is 3. The second-order valence-electron chi connectivity index (χ2n) is 4.87. The SMILES string of the molecule is CCC(=O)N(Cc1cccnc1)c1cccc(C(=NN)NN)c1. The summed E-state index contributed by atoms with van der Waals surface area (Å²) in [6.07, 6.45) is 3.85. The Kier molecular flexibility index (Phi) is 5.65. The molecule has 1 heterocycles. The number of hydrogen-bond acceptors (Lipinski definition) is 5. The third-order valence-corrected chi connectivity index (χ3v) is 3.36. The van der Waals surface area contributed by atoms with Crippen molar-refractivity contribution in [3.05, 3.63) is 59.9 Å². The van der Waals surface area contributed by atoms with E-state index in [9.17, 15) is 4.79 Å². The molecule has 0 saturated heterocycles. The van der Waals surface area contributed by atoms with Crippen molar-refractivity contribution in [2.24, 2.45) is 16.8 Å². The zero-order valence-electron chi connectivity index (χ0n) is 12.9. The Bertz CT molecular complexity index is 686. The molecule has 0 fully saturated rings. The van der Waals surface area contributed by atoms with Gasteiger partial charge >= 0.3 is 0 Å². The fourth-order valence-electron chi connectivity index (χ4n) is 2.20. The van der Waals surface area contributed by atoms with Crippen molar-refractivity contribution in [1.82, 2.24) is 10.4 Å². The Hall–Kier alpha value is -2.93. The average molecular weight is 312 g/mol. The number of benzene rings is 1. The first-order valence-electron chi connectivity index (χ1n) is 7.23. The molecular formula is C16H20N6O. The molecule has 1 aromatic heterocycles. The van der Waals surface area contributed by atoms with Crippen LogP contribution in [0, 0.1) is 0 Å². The maximum Gasteiger partial charge on any atom is 0.227 e. The Labute approximate surface area is 135 Å². The van der Waals surface area contributed by atoms with Crippen molar-refractivity contribution in [1.29, 1.82) is 0 Å². The fraction of sp³-hybridized carbons (Fsp3) is 0.188. The van der Waals surface area contributed by atoms with Gasteiger partial charge in [0.05, 0.1) is 6.54 Å². The van der Waals surface area contributed by atoms with Crippen LogP contribution in [0.4, 0.5) is 5.69 Å². The van der Waals surface area contributed by atoms with E-state index in [0.29, 0.717) is 24.4 Å². The zero-order chi connectivity index (χ0) is 16.7. The molecule has 0 aliphatic rings. The first-order chi connectivity index (χ1) is 11.2. The van der Waals surface area contributed by atoms with Gasteiger partial charge in [0.2, 0.25) is 5.91 Å². The molecule has 23 heavy (non-hydrogen) atoms. The smallest absolute Gasteiger partial charge is 0.227 e. The van der Waals surface area contributed by atoms with Crippen LogP contribution >= 0.6 is 0 Å². The van der Waals surface area contributed by atoms with Crippen molar-refractivity contribution in [2.75, 3.05) is 4.90 Å². The normalized spacial score (nSPS) is 11.1. The molecule has 0 saturated carbocycles. The van der Waals surface area contributed by atoms with Crippen molar-refractivity contribution >= 4 is 17.4 Å². The third kappa shape index (κ3) is 4.04. The number of nitrogens with one attached hydrogen (secondary N) is 1. The average Bonchev–Trinajstić information content (AvgIpc) is 2.61. The summed E-state index contributed by atoms with van der Waals surface area (Å²) in [5.74, 6) is 11.1. The molecule has 1 aromatic carbocycles. The van der Waals surface area contributed by atoms with Crippen LogP contribution < -0.4 is 22.0 Å². The van der Waals surface area contributed by atoms with Gasteiger partial charge in [0.25, 0.3) is 0 Å². The van der Waals surface area contributed by atoms with Crippen molar-refractivity contribution in [2.45, 2.75) is 19.9 Å². The minimum Gasteiger partial charge on any atom is -0.321 e. The van der Waals surface area contributed by atoms with Crippen molar-refractivity contribution < 1.29 is 4.79 Å². The molecule has 7 heteroatoms. The van der Waals surface area contributed by atoms with Crippen LogP contribution in [0.15, 0.2) is 53.9 Å². The van der Waals surface area contributed by atoms with E-state index in [1.807, 2.05) is 43.3 Å².